The number of aliphatic hydroxyl groups is 4. The lowest BCUT2D eigenvalue weighted by Gasteiger charge is -2.39. The molecule has 1 saturated heterocycles. The molecule has 4 N–H and O–H groups in total. The van der Waals surface area contributed by atoms with Gasteiger partial charge in [0.1, 0.15) is 36.3 Å². The maximum atomic E-state index is 10.2. The van der Waals surface area contributed by atoms with Gasteiger partial charge in [0.05, 0.1) is 13.7 Å². The van der Waals surface area contributed by atoms with Gasteiger partial charge >= 0.3 is 0 Å². The molecule has 1 aliphatic heterocycles. The summed E-state index contributed by atoms with van der Waals surface area (Å²) in [5.74, 6) is 0.802. The zero-order valence-electron chi connectivity index (χ0n) is 13.8. The average molecular weight is 366 g/mol. The van der Waals surface area contributed by atoms with Crippen LogP contribution in [0.5, 0.6) is 5.75 Å². The fourth-order valence-corrected chi connectivity index (χ4v) is 3.94. The molecule has 1 aromatic carbocycles. The summed E-state index contributed by atoms with van der Waals surface area (Å²) in [6.07, 6.45) is -4.89. The summed E-state index contributed by atoms with van der Waals surface area (Å²) in [4.78, 5) is 0.750. The summed E-state index contributed by atoms with van der Waals surface area (Å²) >= 11 is 1.42. The average Bonchev–Trinajstić information content (AvgIpc) is 3.09. The molecule has 5 atom stereocenters. The molecular formula is C18H22O6S. The van der Waals surface area contributed by atoms with Crippen LogP contribution >= 0.6 is 11.3 Å². The van der Waals surface area contributed by atoms with E-state index in [1.54, 1.807) is 7.11 Å². The molecule has 0 spiro atoms. The monoisotopic (exact) mass is 366 g/mol. The van der Waals surface area contributed by atoms with Crippen molar-refractivity contribution in [1.29, 1.82) is 0 Å². The van der Waals surface area contributed by atoms with E-state index in [0.717, 1.165) is 28.2 Å². The van der Waals surface area contributed by atoms with Crippen LogP contribution in [-0.2, 0) is 11.2 Å². The van der Waals surface area contributed by atoms with Crippen LogP contribution in [-0.4, -0.2) is 58.6 Å². The van der Waals surface area contributed by atoms with Crippen molar-refractivity contribution in [3.63, 3.8) is 0 Å². The first-order chi connectivity index (χ1) is 12.0. The zero-order chi connectivity index (χ0) is 18.0. The topological polar surface area (TPSA) is 99.4 Å². The Hall–Kier alpha value is -1.48. The lowest BCUT2D eigenvalue weighted by molar-refractivity contribution is -0.230. The first kappa shape index (κ1) is 18.3. The van der Waals surface area contributed by atoms with Crippen LogP contribution in [0, 0.1) is 0 Å². The van der Waals surface area contributed by atoms with E-state index in [9.17, 15) is 20.4 Å². The molecule has 0 saturated carbocycles. The van der Waals surface area contributed by atoms with E-state index < -0.39 is 37.1 Å². The number of hydrogen-bond acceptors (Lipinski definition) is 7. The van der Waals surface area contributed by atoms with Crippen LogP contribution in [0.1, 0.15) is 22.1 Å². The number of methoxy groups -OCH3 is 1. The van der Waals surface area contributed by atoms with Crippen molar-refractivity contribution in [2.24, 2.45) is 0 Å². The highest BCUT2D eigenvalue weighted by atomic mass is 32.1. The van der Waals surface area contributed by atoms with Gasteiger partial charge in [-0.1, -0.05) is 12.1 Å². The van der Waals surface area contributed by atoms with Gasteiger partial charge in [-0.15, -0.1) is 11.3 Å². The Balaban J connectivity index is 1.73. The first-order valence-electron chi connectivity index (χ1n) is 8.04. The van der Waals surface area contributed by atoms with Crippen LogP contribution in [0.3, 0.4) is 0 Å². The molecule has 0 bridgehead atoms. The second-order valence-corrected chi connectivity index (χ2v) is 7.07. The first-order valence-corrected chi connectivity index (χ1v) is 8.92. The molecule has 2 aromatic rings. The molecule has 25 heavy (non-hydrogen) atoms. The van der Waals surface area contributed by atoms with E-state index in [1.165, 1.54) is 11.3 Å². The van der Waals surface area contributed by atoms with Crippen molar-refractivity contribution in [3.05, 3.63) is 51.7 Å². The van der Waals surface area contributed by atoms with E-state index in [1.807, 2.05) is 35.7 Å². The number of rotatable bonds is 5. The maximum absolute atomic E-state index is 10.2. The standard InChI is InChI=1S/C18H22O6S/c1-23-12-4-2-10(3-5-12)6-11-7-14(25-9-11)18-17(22)16(21)15(20)13(8-19)24-18/h2-5,7,9,13,15-22H,6,8H2,1H3/t13-,15-,16+,17-,18?/m1/s1. The molecule has 0 amide bonds. The summed E-state index contributed by atoms with van der Waals surface area (Å²) in [6.45, 7) is -0.425. The van der Waals surface area contributed by atoms with Crippen molar-refractivity contribution in [1.82, 2.24) is 0 Å². The SMILES string of the molecule is COc1ccc(Cc2csc(C3O[C@H](CO)[C@@H](O)[C@H](O)[C@H]3O)c2)cc1. The Morgan fingerprint density at radius 3 is 2.40 bits per heavy atom. The van der Waals surface area contributed by atoms with Gasteiger partial charge < -0.3 is 29.9 Å². The molecule has 1 aliphatic rings. The predicted molar refractivity (Wildman–Crippen MR) is 92.8 cm³/mol. The third kappa shape index (κ3) is 3.87. The highest BCUT2D eigenvalue weighted by molar-refractivity contribution is 7.10. The summed E-state index contributed by atoms with van der Waals surface area (Å²) < 4.78 is 10.7. The van der Waals surface area contributed by atoms with Gasteiger partial charge in [0.25, 0.3) is 0 Å². The molecular weight excluding hydrogens is 344 g/mol. The summed E-state index contributed by atoms with van der Waals surface area (Å²) in [6, 6.07) is 9.70. The molecule has 7 heteroatoms. The quantitative estimate of drug-likeness (QED) is 0.627. The molecule has 6 nitrogen and oxygen atoms in total. The van der Waals surface area contributed by atoms with Crippen molar-refractivity contribution >= 4 is 11.3 Å². The second kappa shape index (κ2) is 7.82. The lowest BCUT2D eigenvalue weighted by atomic mass is 9.94. The molecule has 2 heterocycles. The van der Waals surface area contributed by atoms with Crippen LogP contribution in [0.25, 0.3) is 0 Å². The molecule has 1 fully saturated rings. The van der Waals surface area contributed by atoms with Crippen LogP contribution in [0.2, 0.25) is 0 Å². The van der Waals surface area contributed by atoms with E-state index in [2.05, 4.69) is 0 Å². The molecule has 136 valence electrons. The summed E-state index contributed by atoms with van der Waals surface area (Å²) in [5.41, 5.74) is 2.18. The van der Waals surface area contributed by atoms with Gasteiger partial charge in [-0.25, -0.2) is 0 Å². The molecule has 0 radical (unpaired) electrons. The van der Waals surface area contributed by atoms with Crippen molar-refractivity contribution in [2.75, 3.05) is 13.7 Å². The van der Waals surface area contributed by atoms with Gasteiger partial charge in [-0.3, -0.25) is 0 Å². The highest BCUT2D eigenvalue weighted by Crippen LogP contribution is 2.36. The number of benzene rings is 1. The maximum Gasteiger partial charge on any atom is 0.121 e. The van der Waals surface area contributed by atoms with E-state index in [4.69, 9.17) is 9.47 Å². The third-order valence-corrected chi connectivity index (χ3v) is 5.46. The van der Waals surface area contributed by atoms with Gasteiger partial charge in [0, 0.05) is 4.88 Å². The smallest absolute Gasteiger partial charge is 0.121 e. The third-order valence-electron chi connectivity index (χ3n) is 4.41. The molecule has 0 aliphatic carbocycles. The Labute approximate surface area is 149 Å². The highest BCUT2D eigenvalue weighted by Gasteiger charge is 2.44. The van der Waals surface area contributed by atoms with Gasteiger partial charge in [-0.05, 0) is 41.1 Å². The van der Waals surface area contributed by atoms with Crippen molar-refractivity contribution in [3.8, 4) is 5.75 Å². The minimum atomic E-state index is -1.36. The Kier molecular flexibility index (Phi) is 5.73. The van der Waals surface area contributed by atoms with Crippen LogP contribution < -0.4 is 4.74 Å². The predicted octanol–water partition coefficient (Wildman–Crippen LogP) is 0.862. The molecule has 1 unspecified atom stereocenters. The van der Waals surface area contributed by atoms with Crippen LogP contribution in [0.4, 0.5) is 0 Å². The second-order valence-electron chi connectivity index (χ2n) is 6.13. The lowest BCUT2D eigenvalue weighted by Crippen LogP contribution is -2.55. The van der Waals surface area contributed by atoms with E-state index in [0.29, 0.717) is 0 Å². The summed E-state index contributed by atoms with van der Waals surface area (Å²) in [7, 11) is 1.63. The minimum Gasteiger partial charge on any atom is -0.497 e. The van der Waals surface area contributed by atoms with Gasteiger partial charge in [-0.2, -0.15) is 0 Å². The fraction of sp³-hybridized carbons (Fsp3) is 0.444. The number of aliphatic hydroxyl groups excluding tert-OH is 4. The number of thiophene rings is 1. The van der Waals surface area contributed by atoms with E-state index in [-0.39, 0.29) is 0 Å². The van der Waals surface area contributed by atoms with Crippen molar-refractivity contribution in [2.45, 2.75) is 36.9 Å². The molecule has 1 aromatic heterocycles. The Bertz CT molecular complexity index is 683. The zero-order valence-corrected chi connectivity index (χ0v) is 14.6. The minimum absolute atomic E-state index is 0.425. The Morgan fingerprint density at radius 1 is 1.04 bits per heavy atom. The molecule has 3 rings (SSSR count). The van der Waals surface area contributed by atoms with Crippen molar-refractivity contribution < 1.29 is 29.9 Å². The van der Waals surface area contributed by atoms with Gasteiger partial charge in [0.15, 0.2) is 0 Å². The normalized spacial score (nSPS) is 29.6. The fourth-order valence-electron chi connectivity index (χ4n) is 2.95. The van der Waals surface area contributed by atoms with E-state index >= 15 is 0 Å². The van der Waals surface area contributed by atoms with Crippen LogP contribution in [0.15, 0.2) is 35.7 Å². The number of ether oxygens (including phenoxy) is 2. The Morgan fingerprint density at radius 2 is 1.76 bits per heavy atom. The number of hydrogen-bond donors (Lipinski definition) is 4. The van der Waals surface area contributed by atoms with Gasteiger partial charge in [0.2, 0.25) is 0 Å². The summed E-state index contributed by atoms with van der Waals surface area (Å²) in [5, 5.41) is 41.3. The largest absolute Gasteiger partial charge is 0.497 e.